The third-order valence-electron chi connectivity index (χ3n) is 5.31. The Kier molecular flexibility index (Phi) is 8.10. The van der Waals surface area contributed by atoms with Crippen molar-refractivity contribution in [3.05, 3.63) is 77.9 Å². The number of carbonyl (C=O) groups is 3. The Balaban J connectivity index is 1.82. The summed E-state index contributed by atoms with van der Waals surface area (Å²) in [6.45, 7) is 9.17. The number of hydrogen-bond acceptors (Lipinski definition) is 4. The molecule has 1 atom stereocenters. The van der Waals surface area contributed by atoms with Gasteiger partial charge in [-0.3, -0.25) is 9.59 Å². The average Bonchev–Trinajstić information content (AvgIpc) is 3.64. The maximum absolute atomic E-state index is 13.5. The van der Waals surface area contributed by atoms with Gasteiger partial charge in [-0.25, -0.2) is 4.79 Å². The SMILES string of the molecule is C=Cc1cccc(C(C(=O)NCc2ccccc2)N(C(=O)CNC(=O)OC(C)(C)C)C2CC2)c1. The maximum Gasteiger partial charge on any atom is 0.408 e. The van der Waals surface area contributed by atoms with Gasteiger partial charge in [0.2, 0.25) is 11.8 Å². The summed E-state index contributed by atoms with van der Waals surface area (Å²) in [5.41, 5.74) is 1.84. The van der Waals surface area contributed by atoms with Gasteiger partial charge in [-0.05, 0) is 56.4 Å². The first kappa shape index (κ1) is 25.0. The number of amides is 3. The smallest absolute Gasteiger partial charge is 0.408 e. The quantitative estimate of drug-likeness (QED) is 0.583. The van der Waals surface area contributed by atoms with Crippen molar-refractivity contribution >= 4 is 24.0 Å². The van der Waals surface area contributed by atoms with Crippen LogP contribution >= 0.6 is 0 Å². The van der Waals surface area contributed by atoms with E-state index in [1.54, 1.807) is 31.7 Å². The lowest BCUT2D eigenvalue weighted by molar-refractivity contribution is -0.141. The minimum absolute atomic E-state index is 0.0622. The Morgan fingerprint density at radius 3 is 2.41 bits per heavy atom. The first-order valence-corrected chi connectivity index (χ1v) is 11.5. The molecule has 3 amide bonds. The zero-order valence-electron chi connectivity index (χ0n) is 20.0. The van der Waals surface area contributed by atoms with Gasteiger partial charge in [-0.1, -0.05) is 61.2 Å². The Morgan fingerprint density at radius 2 is 1.79 bits per heavy atom. The molecule has 7 nitrogen and oxygen atoms in total. The molecule has 3 rings (SSSR count). The Morgan fingerprint density at radius 1 is 1.09 bits per heavy atom. The van der Waals surface area contributed by atoms with E-state index in [1.165, 1.54) is 0 Å². The van der Waals surface area contributed by atoms with Crippen LogP contribution < -0.4 is 10.6 Å². The number of benzene rings is 2. The van der Waals surface area contributed by atoms with Crippen LogP contribution in [0, 0.1) is 0 Å². The number of nitrogens with one attached hydrogen (secondary N) is 2. The predicted octanol–water partition coefficient (Wildman–Crippen LogP) is 4.20. The van der Waals surface area contributed by atoms with E-state index in [0.717, 1.165) is 24.0 Å². The van der Waals surface area contributed by atoms with E-state index in [9.17, 15) is 14.4 Å². The van der Waals surface area contributed by atoms with Crippen molar-refractivity contribution in [1.29, 1.82) is 0 Å². The van der Waals surface area contributed by atoms with Crippen LogP contribution in [0.3, 0.4) is 0 Å². The van der Waals surface area contributed by atoms with Gasteiger partial charge in [0.25, 0.3) is 0 Å². The molecule has 1 aliphatic carbocycles. The molecule has 1 unspecified atom stereocenters. The summed E-state index contributed by atoms with van der Waals surface area (Å²) in [6, 6.07) is 16.2. The molecule has 0 aromatic heterocycles. The highest BCUT2D eigenvalue weighted by Gasteiger charge is 2.41. The van der Waals surface area contributed by atoms with E-state index in [4.69, 9.17) is 4.74 Å². The second-order valence-electron chi connectivity index (χ2n) is 9.37. The average molecular weight is 464 g/mol. The van der Waals surface area contributed by atoms with E-state index >= 15 is 0 Å². The summed E-state index contributed by atoms with van der Waals surface area (Å²) in [7, 11) is 0. The van der Waals surface area contributed by atoms with Gasteiger partial charge in [0, 0.05) is 12.6 Å². The van der Waals surface area contributed by atoms with Gasteiger partial charge >= 0.3 is 6.09 Å². The number of carbonyl (C=O) groups excluding carboxylic acids is 3. The molecule has 2 N–H and O–H groups in total. The number of ether oxygens (including phenoxy) is 1. The van der Waals surface area contributed by atoms with Gasteiger partial charge < -0.3 is 20.3 Å². The molecule has 1 saturated carbocycles. The fourth-order valence-corrected chi connectivity index (χ4v) is 3.64. The van der Waals surface area contributed by atoms with E-state index in [0.29, 0.717) is 12.1 Å². The molecule has 0 heterocycles. The molecule has 0 aliphatic heterocycles. The van der Waals surface area contributed by atoms with E-state index in [1.807, 2.05) is 54.6 Å². The molecule has 34 heavy (non-hydrogen) atoms. The van der Waals surface area contributed by atoms with E-state index in [-0.39, 0.29) is 24.4 Å². The summed E-state index contributed by atoms with van der Waals surface area (Å²) in [5, 5.41) is 5.51. The highest BCUT2D eigenvalue weighted by molar-refractivity contribution is 5.91. The normalized spacial score (nSPS) is 14.0. The Labute approximate surface area is 201 Å². The predicted molar refractivity (Wildman–Crippen MR) is 132 cm³/mol. The maximum atomic E-state index is 13.5. The molecule has 2 aromatic carbocycles. The van der Waals surface area contributed by atoms with Crippen LogP contribution in [0.2, 0.25) is 0 Å². The van der Waals surface area contributed by atoms with Crippen molar-refractivity contribution < 1.29 is 19.1 Å². The van der Waals surface area contributed by atoms with Crippen molar-refractivity contribution in [2.24, 2.45) is 0 Å². The summed E-state index contributed by atoms with van der Waals surface area (Å²) in [4.78, 5) is 40.5. The third kappa shape index (κ3) is 7.20. The van der Waals surface area contributed by atoms with Crippen molar-refractivity contribution in [2.45, 2.75) is 57.8 Å². The lowest BCUT2D eigenvalue weighted by atomic mass is 10.0. The first-order valence-electron chi connectivity index (χ1n) is 11.5. The molecule has 7 heteroatoms. The van der Waals surface area contributed by atoms with Crippen LogP contribution in [-0.4, -0.2) is 41.0 Å². The third-order valence-corrected chi connectivity index (χ3v) is 5.31. The van der Waals surface area contributed by atoms with Crippen molar-refractivity contribution in [1.82, 2.24) is 15.5 Å². The molecule has 0 saturated heterocycles. The first-order chi connectivity index (χ1) is 16.2. The minimum Gasteiger partial charge on any atom is -0.444 e. The van der Waals surface area contributed by atoms with Crippen LogP contribution in [0.4, 0.5) is 4.79 Å². The molecular formula is C27H33N3O4. The van der Waals surface area contributed by atoms with E-state index < -0.39 is 17.7 Å². The second-order valence-corrected chi connectivity index (χ2v) is 9.37. The molecule has 2 aromatic rings. The summed E-state index contributed by atoms with van der Waals surface area (Å²) < 4.78 is 5.24. The van der Waals surface area contributed by atoms with Crippen LogP contribution in [0.25, 0.3) is 6.08 Å². The molecule has 0 radical (unpaired) electrons. The summed E-state index contributed by atoms with van der Waals surface area (Å²) in [6.07, 6.45) is 2.65. The number of alkyl carbamates (subject to hydrolysis) is 1. The van der Waals surface area contributed by atoms with Gasteiger partial charge in [0.05, 0.1) is 0 Å². The molecular weight excluding hydrogens is 430 g/mol. The van der Waals surface area contributed by atoms with Crippen molar-refractivity contribution in [2.75, 3.05) is 6.54 Å². The summed E-state index contributed by atoms with van der Waals surface area (Å²) >= 11 is 0. The zero-order valence-corrected chi connectivity index (χ0v) is 20.0. The van der Waals surface area contributed by atoms with Gasteiger partial charge in [0.1, 0.15) is 18.2 Å². The number of nitrogens with zero attached hydrogens (tertiary/aromatic N) is 1. The fourth-order valence-electron chi connectivity index (χ4n) is 3.64. The minimum atomic E-state index is -0.830. The second kappa shape index (κ2) is 11.0. The van der Waals surface area contributed by atoms with Gasteiger partial charge in [-0.2, -0.15) is 0 Å². The molecule has 180 valence electrons. The molecule has 1 fully saturated rings. The highest BCUT2D eigenvalue weighted by Crippen LogP contribution is 2.35. The van der Waals surface area contributed by atoms with Gasteiger partial charge in [-0.15, -0.1) is 0 Å². The monoisotopic (exact) mass is 463 g/mol. The van der Waals surface area contributed by atoms with Crippen molar-refractivity contribution in [3.63, 3.8) is 0 Å². The van der Waals surface area contributed by atoms with Crippen LogP contribution in [-0.2, 0) is 20.9 Å². The number of rotatable bonds is 9. The molecule has 0 spiro atoms. The molecule has 0 bridgehead atoms. The van der Waals surface area contributed by atoms with E-state index in [2.05, 4.69) is 17.2 Å². The standard InChI is InChI=1S/C27H33N3O4/c1-5-19-12-9-13-21(16-19)24(25(32)28-17-20-10-7-6-8-11-20)30(22-14-15-22)23(31)18-29-26(33)34-27(2,3)4/h5-13,16,22,24H,1,14-15,17-18H2,2-4H3,(H,28,32)(H,29,33). The number of hydrogen-bond donors (Lipinski definition) is 2. The zero-order chi connectivity index (χ0) is 24.7. The van der Waals surface area contributed by atoms with Crippen LogP contribution in [0.1, 0.15) is 56.3 Å². The Hall–Kier alpha value is -3.61. The lowest BCUT2D eigenvalue weighted by Gasteiger charge is -2.32. The molecule has 1 aliphatic rings. The largest absolute Gasteiger partial charge is 0.444 e. The topological polar surface area (TPSA) is 87.7 Å². The lowest BCUT2D eigenvalue weighted by Crippen LogP contribution is -2.48. The van der Waals surface area contributed by atoms with Crippen LogP contribution in [0.15, 0.2) is 61.2 Å². The Bertz CT molecular complexity index is 1030. The fraction of sp³-hybridized carbons (Fsp3) is 0.370. The highest BCUT2D eigenvalue weighted by atomic mass is 16.6. The van der Waals surface area contributed by atoms with Crippen molar-refractivity contribution in [3.8, 4) is 0 Å². The van der Waals surface area contributed by atoms with Gasteiger partial charge in [0.15, 0.2) is 0 Å². The van der Waals surface area contributed by atoms with Crippen LogP contribution in [0.5, 0.6) is 0 Å². The summed E-state index contributed by atoms with van der Waals surface area (Å²) in [5.74, 6) is -0.611.